The molecule has 1 heterocycles. The molecule has 0 atom stereocenters. The Balaban J connectivity index is 1.72. The number of methoxy groups -OCH3 is 1. The third-order valence-electron chi connectivity index (χ3n) is 3.45. The normalized spacial score (nSPS) is 10.5. The number of hydrogen-bond donors (Lipinski definition) is 1. The van der Waals surface area contributed by atoms with Gasteiger partial charge in [-0.25, -0.2) is 4.98 Å². The van der Waals surface area contributed by atoms with E-state index in [4.69, 9.17) is 4.74 Å². The van der Waals surface area contributed by atoms with Gasteiger partial charge in [0.05, 0.1) is 17.8 Å². The first-order chi connectivity index (χ1) is 10.6. The summed E-state index contributed by atoms with van der Waals surface area (Å²) >= 11 is 1.68. The highest BCUT2D eigenvalue weighted by molar-refractivity contribution is 7.11. The number of hydrogen-bond acceptors (Lipinski definition) is 4. The molecule has 0 radical (unpaired) electrons. The molecule has 5 heteroatoms. The Morgan fingerprint density at radius 1 is 1.32 bits per heavy atom. The van der Waals surface area contributed by atoms with Crippen LogP contribution in [0.2, 0.25) is 0 Å². The van der Waals surface area contributed by atoms with E-state index in [1.54, 1.807) is 18.4 Å². The fraction of sp³-hybridized carbons (Fsp3) is 0.412. The first kappa shape index (κ1) is 16.5. The number of aromatic nitrogens is 1. The molecule has 1 aromatic heterocycles. The topological polar surface area (TPSA) is 51.2 Å². The molecule has 2 rings (SSSR count). The van der Waals surface area contributed by atoms with Gasteiger partial charge in [-0.05, 0) is 44.4 Å². The summed E-state index contributed by atoms with van der Waals surface area (Å²) < 4.78 is 5.19. The molecule has 0 aliphatic rings. The van der Waals surface area contributed by atoms with Gasteiger partial charge in [0.15, 0.2) is 0 Å². The Hall–Kier alpha value is -1.88. The van der Waals surface area contributed by atoms with Crippen LogP contribution in [-0.4, -0.2) is 24.5 Å². The van der Waals surface area contributed by atoms with Crippen LogP contribution in [0.25, 0.3) is 0 Å². The molecule has 118 valence electrons. The van der Waals surface area contributed by atoms with Crippen molar-refractivity contribution in [2.75, 3.05) is 13.7 Å². The van der Waals surface area contributed by atoms with E-state index >= 15 is 0 Å². The van der Waals surface area contributed by atoms with Crippen molar-refractivity contribution in [2.24, 2.45) is 0 Å². The quantitative estimate of drug-likeness (QED) is 0.853. The summed E-state index contributed by atoms with van der Waals surface area (Å²) in [4.78, 5) is 17.5. The summed E-state index contributed by atoms with van der Waals surface area (Å²) in [6.07, 6.45) is 2.09. The minimum Gasteiger partial charge on any atom is -0.497 e. The lowest BCUT2D eigenvalue weighted by atomic mass is 10.1. The third-order valence-corrected chi connectivity index (χ3v) is 4.58. The van der Waals surface area contributed by atoms with Crippen molar-refractivity contribution in [1.82, 2.24) is 10.3 Å². The molecule has 0 saturated heterocycles. The maximum absolute atomic E-state index is 11.9. The van der Waals surface area contributed by atoms with E-state index in [0.29, 0.717) is 13.0 Å². The molecule has 0 spiro atoms. The zero-order valence-corrected chi connectivity index (χ0v) is 14.1. The molecule has 0 bridgehead atoms. The average molecular weight is 318 g/mol. The minimum atomic E-state index is 0.0911. The molecule has 1 amide bonds. The average Bonchev–Trinajstić information content (AvgIpc) is 2.83. The number of aryl methyl sites for hydroxylation is 3. The molecular formula is C17H22N2O2S. The van der Waals surface area contributed by atoms with Crippen molar-refractivity contribution < 1.29 is 9.53 Å². The van der Waals surface area contributed by atoms with E-state index < -0.39 is 0 Å². The number of amides is 1. The van der Waals surface area contributed by atoms with Gasteiger partial charge < -0.3 is 10.1 Å². The van der Waals surface area contributed by atoms with Gasteiger partial charge in [0, 0.05) is 17.8 Å². The Kier molecular flexibility index (Phi) is 5.95. The van der Waals surface area contributed by atoms with Crippen LogP contribution in [-0.2, 0) is 17.6 Å². The van der Waals surface area contributed by atoms with Gasteiger partial charge in [-0.15, -0.1) is 11.3 Å². The highest BCUT2D eigenvalue weighted by Gasteiger charge is 2.08. The number of carbonyl (C=O) groups excluding carboxylic acids is 1. The second-order valence-corrected chi connectivity index (χ2v) is 6.48. The lowest BCUT2D eigenvalue weighted by Crippen LogP contribution is -2.25. The highest BCUT2D eigenvalue weighted by atomic mass is 32.1. The summed E-state index contributed by atoms with van der Waals surface area (Å²) in [5.74, 6) is 0.938. The van der Waals surface area contributed by atoms with Crippen LogP contribution in [0.1, 0.15) is 27.6 Å². The van der Waals surface area contributed by atoms with Gasteiger partial charge in [0.1, 0.15) is 5.75 Å². The van der Waals surface area contributed by atoms with Crippen molar-refractivity contribution in [3.8, 4) is 5.75 Å². The second kappa shape index (κ2) is 7.94. The smallest absolute Gasteiger partial charge is 0.220 e. The number of ether oxygens (including phenoxy) is 1. The van der Waals surface area contributed by atoms with Crippen LogP contribution in [0.4, 0.5) is 0 Å². The van der Waals surface area contributed by atoms with Crippen molar-refractivity contribution in [2.45, 2.75) is 33.1 Å². The molecule has 0 aliphatic carbocycles. The lowest BCUT2D eigenvalue weighted by molar-refractivity contribution is -0.121. The minimum absolute atomic E-state index is 0.0911. The zero-order chi connectivity index (χ0) is 15.9. The number of carbonyl (C=O) groups is 1. The van der Waals surface area contributed by atoms with Gasteiger partial charge in [0.2, 0.25) is 5.91 Å². The summed E-state index contributed by atoms with van der Waals surface area (Å²) in [7, 11) is 1.66. The lowest BCUT2D eigenvalue weighted by Gasteiger charge is -2.06. The van der Waals surface area contributed by atoms with Gasteiger partial charge in [-0.3, -0.25) is 4.79 Å². The molecule has 0 unspecified atom stereocenters. The SMILES string of the molecule is COc1cccc(CCNC(=O)CCc2sc(C)nc2C)c1. The fourth-order valence-electron chi connectivity index (χ4n) is 2.30. The maximum Gasteiger partial charge on any atom is 0.220 e. The molecule has 4 nitrogen and oxygen atoms in total. The summed E-state index contributed by atoms with van der Waals surface area (Å²) in [5, 5.41) is 4.03. The number of nitrogens with zero attached hydrogens (tertiary/aromatic N) is 1. The van der Waals surface area contributed by atoms with Gasteiger partial charge in [-0.1, -0.05) is 12.1 Å². The zero-order valence-electron chi connectivity index (χ0n) is 13.3. The first-order valence-corrected chi connectivity index (χ1v) is 8.22. The van der Waals surface area contributed by atoms with Crippen LogP contribution >= 0.6 is 11.3 Å². The Labute approximate surface area is 135 Å². The number of nitrogens with one attached hydrogen (secondary N) is 1. The van der Waals surface area contributed by atoms with Crippen LogP contribution in [0.5, 0.6) is 5.75 Å². The van der Waals surface area contributed by atoms with E-state index in [0.717, 1.165) is 34.9 Å². The van der Waals surface area contributed by atoms with Gasteiger partial charge >= 0.3 is 0 Å². The van der Waals surface area contributed by atoms with Crippen molar-refractivity contribution in [3.63, 3.8) is 0 Å². The van der Waals surface area contributed by atoms with E-state index in [9.17, 15) is 4.79 Å². The van der Waals surface area contributed by atoms with Gasteiger partial charge in [0.25, 0.3) is 0 Å². The molecule has 1 aromatic carbocycles. The van der Waals surface area contributed by atoms with Crippen molar-refractivity contribution >= 4 is 17.2 Å². The summed E-state index contributed by atoms with van der Waals surface area (Å²) in [6.45, 7) is 4.64. The standard InChI is InChI=1S/C17H22N2O2S/c1-12-16(22-13(2)19-12)7-8-17(20)18-10-9-14-5-4-6-15(11-14)21-3/h4-6,11H,7-10H2,1-3H3,(H,18,20). The molecule has 0 fully saturated rings. The van der Waals surface area contributed by atoms with Crippen LogP contribution in [0.3, 0.4) is 0 Å². The number of rotatable bonds is 7. The maximum atomic E-state index is 11.9. The van der Waals surface area contributed by atoms with E-state index in [2.05, 4.69) is 10.3 Å². The van der Waals surface area contributed by atoms with E-state index in [1.165, 1.54) is 4.88 Å². The molecule has 0 aliphatic heterocycles. The number of benzene rings is 1. The predicted octanol–water partition coefficient (Wildman–Crippen LogP) is 3.06. The van der Waals surface area contributed by atoms with Crippen molar-refractivity contribution in [3.05, 3.63) is 45.4 Å². The number of thiazole rings is 1. The Morgan fingerprint density at radius 2 is 2.14 bits per heavy atom. The Morgan fingerprint density at radius 3 is 2.82 bits per heavy atom. The van der Waals surface area contributed by atoms with Crippen molar-refractivity contribution in [1.29, 1.82) is 0 Å². The largest absolute Gasteiger partial charge is 0.497 e. The summed E-state index contributed by atoms with van der Waals surface area (Å²) in [5.41, 5.74) is 2.21. The highest BCUT2D eigenvalue weighted by Crippen LogP contribution is 2.18. The monoisotopic (exact) mass is 318 g/mol. The van der Waals surface area contributed by atoms with Crippen LogP contribution in [0, 0.1) is 13.8 Å². The molecule has 0 saturated carbocycles. The molecule has 22 heavy (non-hydrogen) atoms. The fourth-order valence-corrected chi connectivity index (χ4v) is 3.23. The molecule has 2 aromatic rings. The first-order valence-electron chi connectivity index (χ1n) is 7.41. The van der Waals surface area contributed by atoms with E-state index in [1.807, 2.05) is 38.1 Å². The summed E-state index contributed by atoms with van der Waals surface area (Å²) in [6, 6.07) is 7.92. The van der Waals surface area contributed by atoms with E-state index in [-0.39, 0.29) is 5.91 Å². The van der Waals surface area contributed by atoms with Gasteiger partial charge in [-0.2, -0.15) is 0 Å². The second-order valence-electron chi connectivity index (χ2n) is 5.19. The molecule has 1 N–H and O–H groups in total. The predicted molar refractivity (Wildman–Crippen MR) is 89.6 cm³/mol. The van der Waals surface area contributed by atoms with Crippen LogP contribution in [0.15, 0.2) is 24.3 Å². The molecular weight excluding hydrogens is 296 g/mol. The Bertz CT molecular complexity index is 637. The van der Waals surface area contributed by atoms with Crippen LogP contribution < -0.4 is 10.1 Å². The third kappa shape index (κ3) is 4.84.